The monoisotopic (exact) mass is 428 g/mol. The lowest BCUT2D eigenvalue weighted by Crippen LogP contribution is -2.59. The highest BCUT2D eigenvalue weighted by Gasteiger charge is 2.53. The van der Waals surface area contributed by atoms with Gasteiger partial charge in [0.2, 0.25) is 5.91 Å². The summed E-state index contributed by atoms with van der Waals surface area (Å²) in [6.07, 6.45) is 8.06. The van der Waals surface area contributed by atoms with Gasteiger partial charge < -0.3 is 10.1 Å². The van der Waals surface area contributed by atoms with Crippen LogP contribution in [0.1, 0.15) is 52.4 Å². The molecule has 0 spiro atoms. The van der Waals surface area contributed by atoms with Crippen molar-refractivity contribution in [2.45, 2.75) is 80.6 Å². The van der Waals surface area contributed by atoms with E-state index in [2.05, 4.69) is 36.2 Å². The Bertz CT molecular complexity index is 737. The Morgan fingerprint density at radius 3 is 2.23 bits per heavy atom. The van der Waals surface area contributed by atoms with E-state index in [-0.39, 0.29) is 18.0 Å². The third-order valence-electron chi connectivity index (χ3n) is 7.96. The van der Waals surface area contributed by atoms with Crippen molar-refractivity contribution in [3.8, 4) is 5.75 Å². The SMILES string of the molecule is COc1ccc(S[C@@H]2C[C@@H](C(=O)NC(C)C)N(C3C4CC5CC(C4)CC3C5)C2)cc1. The van der Waals surface area contributed by atoms with Crippen LogP contribution in [0, 0.1) is 23.7 Å². The first kappa shape index (κ1) is 20.7. The predicted octanol–water partition coefficient (Wildman–Crippen LogP) is 4.58. The molecule has 4 nitrogen and oxygen atoms in total. The van der Waals surface area contributed by atoms with E-state index in [1.54, 1.807) is 7.11 Å². The predicted molar refractivity (Wildman–Crippen MR) is 122 cm³/mol. The summed E-state index contributed by atoms with van der Waals surface area (Å²) in [4.78, 5) is 17.1. The number of benzene rings is 1. The molecule has 5 aliphatic rings. The highest BCUT2D eigenvalue weighted by Crippen LogP contribution is 2.56. The quantitative estimate of drug-likeness (QED) is 0.720. The van der Waals surface area contributed by atoms with Crippen LogP contribution in [0.4, 0.5) is 0 Å². The summed E-state index contributed by atoms with van der Waals surface area (Å²) in [5.74, 6) is 4.73. The minimum absolute atomic E-state index is 0.0330. The van der Waals surface area contributed by atoms with Crippen molar-refractivity contribution in [2.75, 3.05) is 13.7 Å². The summed E-state index contributed by atoms with van der Waals surface area (Å²) >= 11 is 1.94. The number of nitrogens with zero attached hydrogens (tertiary/aromatic N) is 1. The number of methoxy groups -OCH3 is 1. The maximum atomic E-state index is 13.2. The van der Waals surface area contributed by atoms with E-state index < -0.39 is 0 Å². The van der Waals surface area contributed by atoms with Gasteiger partial charge in [0.15, 0.2) is 0 Å². The van der Waals surface area contributed by atoms with Crippen molar-refractivity contribution in [3.63, 3.8) is 0 Å². The number of nitrogens with one attached hydrogen (secondary N) is 1. The van der Waals surface area contributed by atoms with Crippen LogP contribution in [-0.4, -0.2) is 47.8 Å². The smallest absolute Gasteiger partial charge is 0.237 e. The summed E-state index contributed by atoms with van der Waals surface area (Å²) in [5.41, 5.74) is 0. The van der Waals surface area contributed by atoms with E-state index >= 15 is 0 Å². The first-order valence-corrected chi connectivity index (χ1v) is 12.7. The highest BCUT2D eigenvalue weighted by atomic mass is 32.2. The van der Waals surface area contributed by atoms with Gasteiger partial charge in [-0.25, -0.2) is 0 Å². The zero-order valence-electron chi connectivity index (χ0n) is 18.5. The van der Waals surface area contributed by atoms with Gasteiger partial charge in [0.25, 0.3) is 0 Å². The lowest BCUT2D eigenvalue weighted by molar-refractivity contribution is -0.131. The van der Waals surface area contributed by atoms with Crippen molar-refractivity contribution in [2.24, 2.45) is 23.7 Å². The lowest BCUT2D eigenvalue weighted by atomic mass is 9.54. The Morgan fingerprint density at radius 1 is 1.03 bits per heavy atom. The molecule has 4 saturated carbocycles. The molecule has 1 aromatic rings. The molecule has 30 heavy (non-hydrogen) atoms. The lowest BCUT2D eigenvalue weighted by Gasteiger charge is -2.57. The molecule has 0 aromatic heterocycles. The topological polar surface area (TPSA) is 41.6 Å². The number of ether oxygens (including phenoxy) is 1. The Morgan fingerprint density at radius 2 is 1.67 bits per heavy atom. The molecule has 1 aliphatic heterocycles. The van der Waals surface area contributed by atoms with Gasteiger partial charge in [0.1, 0.15) is 5.75 Å². The molecule has 2 atom stereocenters. The molecule has 1 heterocycles. The Balaban J connectivity index is 1.34. The fourth-order valence-electron chi connectivity index (χ4n) is 7.16. The molecule has 1 saturated heterocycles. The number of hydrogen-bond acceptors (Lipinski definition) is 4. The summed E-state index contributed by atoms with van der Waals surface area (Å²) in [5, 5.41) is 3.70. The van der Waals surface area contributed by atoms with Gasteiger partial charge in [-0.15, -0.1) is 11.8 Å². The van der Waals surface area contributed by atoms with Crippen LogP contribution in [0.3, 0.4) is 0 Å². The van der Waals surface area contributed by atoms with E-state index in [4.69, 9.17) is 4.74 Å². The largest absolute Gasteiger partial charge is 0.497 e. The third-order valence-corrected chi connectivity index (χ3v) is 9.18. The maximum absolute atomic E-state index is 13.2. The molecule has 4 bridgehead atoms. The molecule has 6 rings (SSSR count). The van der Waals surface area contributed by atoms with Crippen molar-refractivity contribution in [1.29, 1.82) is 0 Å². The second-order valence-electron chi connectivity index (χ2n) is 10.4. The highest BCUT2D eigenvalue weighted by molar-refractivity contribution is 8.00. The first-order valence-electron chi connectivity index (χ1n) is 11.9. The minimum atomic E-state index is 0.0330. The zero-order chi connectivity index (χ0) is 20.8. The fraction of sp³-hybridized carbons (Fsp3) is 0.720. The molecular weight excluding hydrogens is 392 g/mol. The van der Waals surface area contributed by atoms with E-state index in [1.807, 2.05) is 23.9 Å². The molecule has 5 heteroatoms. The molecule has 0 unspecified atom stereocenters. The fourth-order valence-corrected chi connectivity index (χ4v) is 8.36. The molecule has 1 N–H and O–H groups in total. The first-order chi connectivity index (χ1) is 14.5. The number of rotatable bonds is 6. The van der Waals surface area contributed by atoms with Crippen LogP contribution < -0.4 is 10.1 Å². The maximum Gasteiger partial charge on any atom is 0.237 e. The van der Waals surface area contributed by atoms with Crippen LogP contribution in [0.25, 0.3) is 0 Å². The molecule has 0 radical (unpaired) electrons. The normalized spacial score (nSPS) is 37.7. The molecular formula is C25H36N2O2S. The average Bonchev–Trinajstić information content (AvgIpc) is 3.11. The molecule has 4 aliphatic carbocycles. The zero-order valence-corrected chi connectivity index (χ0v) is 19.4. The van der Waals surface area contributed by atoms with Gasteiger partial charge in [0, 0.05) is 28.8 Å². The van der Waals surface area contributed by atoms with Crippen molar-refractivity contribution < 1.29 is 9.53 Å². The third kappa shape index (κ3) is 4.00. The van der Waals surface area contributed by atoms with Gasteiger partial charge in [-0.2, -0.15) is 0 Å². The number of carbonyl (C=O) groups is 1. The van der Waals surface area contributed by atoms with Crippen LogP contribution in [-0.2, 0) is 4.79 Å². The van der Waals surface area contributed by atoms with E-state index in [0.717, 1.165) is 42.4 Å². The van der Waals surface area contributed by atoms with Gasteiger partial charge in [-0.05, 0) is 100 Å². The van der Waals surface area contributed by atoms with Gasteiger partial charge in [-0.1, -0.05) is 0 Å². The number of amides is 1. The van der Waals surface area contributed by atoms with Gasteiger partial charge >= 0.3 is 0 Å². The number of thioether (sulfide) groups is 1. The minimum Gasteiger partial charge on any atom is -0.497 e. The number of hydrogen-bond donors (Lipinski definition) is 1. The van der Waals surface area contributed by atoms with Crippen LogP contribution >= 0.6 is 11.8 Å². The number of carbonyl (C=O) groups excluding carboxylic acids is 1. The summed E-state index contributed by atoms with van der Waals surface area (Å²) in [6.45, 7) is 5.19. The summed E-state index contributed by atoms with van der Waals surface area (Å²) in [6, 6.07) is 9.24. The molecule has 1 aromatic carbocycles. The Kier molecular flexibility index (Phi) is 5.78. The van der Waals surface area contributed by atoms with E-state index in [1.165, 1.54) is 37.0 Å². The van der Waals surface area contributed by atoms with E-state index in [0.29, 0.717) is 11.3 Å². The van der Waals surface area contributed by atoms with Crippen molar-refractivity contribution in [1.82, 2.24) is 10.2 Å². The summed E-state index contributed by atoms with van der Waals surface area (Å²) in [7, 11) is 1.71. The van der Waals surface area contributed by atoms with E-state index in [9.17, 15) is 4.79 Å². The van der Waals surface area contributed by atoms with Crippen molar-refractivity contribution in [3.05, 3.63) is 24.3 Å². The van der Waals surface area contributed by atoms with Crippen LogP contribution in [0.2, 0.25) is 0 Å². The standard InChI is InChI=1S/C25H36N2O2S/c1-15(2)26-25(28)23-13-22(30-21-6-4-20(29-3)5-7-21)14-27(23)24-18-9-16-8-17(11-18)12-19(24)10-16/h4-7,15-19,22-24H,8-14H2,1-3H3,(H,26,28)/t16?,17?,18?,19?,22-,23+,24?/m1/s1. The Hall–Kier alpha value is -1.20. The van der Waals surface area contributed by atoms with Crippen LogP contribution in [0.5, 0.6) is 5.75 Å². The average molecular weight is 429 g/mol. The Labute approximate surface area is 185 Å². The molecule has 5 fully saturated rings. The summed E-state index contributed by atoms with van der Waals surface area (Å²) < 4.78 is 5.31. The number of likely N-dealkylation sites (tertiary alicyclic amines) is 1. The second-order valence-corrected chi connectivity index (χ2v) is 11.8. The molecule has 1 amide bonds. The second kappa shape index (κ2) is 8.38. The van der Waals surface area contributed by atoms with Crippen molar-refractivity contribution >= 4 is 17.7 Å². The molecule has 164 valence electrons. The van der Waals surface area contributed by atoms with Crippen LogP contribution in [0.15, 0.2) is 29.2 Å². The van der Waals surface area contributed by atoms with Gasteiger partial charge in [-0.3, -0.25) is 9.69 Å². The van der Waals surface area contributed by atoms with Gasteiger partial charge in [0.05, 0.1) is 13.2 Å².